The molecule has 4 aromatic heterocycles. The van der Waals surface area contributed by atoms with Crippen LogP contribution in [0.5, 0.6) is 11.6 Å². The van der Waals surface area contributed by atoms with Crippen LogP contribution in [0.2, 0.25) is 0 Å². The molecule has 0 aliphatic carbocycles. The molecule has 2 saturated heterocycles. The number of aliphatic hydroxyl groups excluding tert-OH is 1. The van der Waals surface area contributed by atoms with Crippen molar-refractivity contribution in [1.82, 2.24) is 40.4 Å². The zero-order valence-electron chi connectivity index (χ0n) is 33.0. The monoisotopic (exact) mass is 804 g/mol. The summed E-state index contributed by atoms with van der Waals surface area (Å²) < 4.78 is 11.8. The zero-order valence-corrected chi connectivity index (χ0v) is 33.8. The highest BCUT2D eigenvalue weighted by atomic mass is 32.1. The van der Waals surface area contributed by atoms with Gasteiger partial charge in [-0.25, -0.2) is 4.98 Å². The molecule has 4 N–H and O–H groups in total. The van der Waals surface area contributed by atoms with Gasteiger partial charge in [0.2, 0.25) is 11.8 Å². The number of aryl methyl sites for hydroxylation is 1. The first-order valence-electron chi connectivity index (χ1n) is 19.8. The first kappa shape index (κ1) is 39.2. The first-order chi connectivity index (χ1) is 28.0. The van der Waals surface area contributed by atoms with Crippen LogP contribution >= 0.6 is 11.3 Å². The number of benzene rings is 2. The summed E-state index contributed by atoms with van der Waals surface area (Å²) in [5.74, 6) is -0.769. The fraction of sp³-hybridized carbons (Fsp3) is 0.395. The minimum absolute atomic E-state index is 0.0466. The molecule has 14 nitrogen and oxygen atoms in total. The average molecular weight is 805 g/mol. The van der Waals surface area contributed by atoms with Gasteiger partial charge in [-0.1, -0.05) is 50.2 Å². The molecule has 2 fully saturated rings. The number of β-amino-alcohol motifs (C(OH)–C–C–N with tert-alkyl or cyclic N) is 1. The van der Waals surface area contributed by atoms with Crippen LogP contribution in [0.25, 0.3) is 32.7 Å². The van der Waals surface area contributed by atoms with E-state index in [0.29, 0.717) is 35.8 Å². The number of phenols is 1. The standard InChI is InChI=1S/C43H48N8O6S/c1-24(2)39(43(55)51-22-29(52)18-35(51)42(54)46-25(3)27-11-13-28(14-12-27)40-26(4)45-23-58-40)37-20-38(49-57-37)56-17-16-50-15-7-9-34(50)32-21-44-41-31(32)19-33(47-48-41)30-8-5-6-10-36(30)53/h5-6,8,10-14,19-21,23-25,29,34-35,39,52-53H,7,9,15-18,22H2,1-4H3,(H,44,48)(H,46,54)/t25-,29+,34+,35-,39+/m0/s1. The highest BCUT2D eigenvalue weighted by Crippen LogP contribution is 2.38. The second-order valence-electron chi connectivity index (χ2n) is 15.6. The van der Waals surface area contributed by atoms with Crippen molar-refractivity contribution in [2.24, 2.45) is 5.92 Å². The maximum Gasteiger partial charge on any atom is 0.254 e. The van der Waals surface area contributed by atoms with E-state index < -0.39 is 18.1 Å². The number of H-pyrrole nitrogens is 1. The van der Waals surface area contributed by atoms with E-state index in [1.807, 2.05) is 81.9 Å². The number of aliphatic hydroxyl groups is 1. The zero-order chi connectivity index (χ0) is 40.5. The maximum absolute atomic E-state index is 14.2. The number of fused-ring (bicyclic) bond motifs is 1. The van der Waals surface area contributed by atoms with Gasteiger partial charge in [-0.3, -0.25) is 14.5 Å². The molecular weight excluding hydrogens is 757 g/mol. The van der Waals surface area contributed by atoms with Crippen LogP contribution in [0, 0.1) is 12.8 Å². The number of hydrogen-bond donors (Lipinski definition) is 4. The fourth-order valence-corrected chi connectivity index (χ4v) is 9.17. The largest absolute Gasteiger partial charge is 0.507 e. The number of nitrogens with one attached hydrogen (secondary N) is 2. The number of rotatable bonds is 13. The average Bonchev–Trinajstić information content (AvgIpc) is 4.07. The smallest absolute Gasteiger partial charge is 0.254 e. The van der Waals surface area contributed by atoms with E-state index in [2.05, 4.69) is 35.5 Å². The third-order valence-electron chi connectivity index (χ3n) is 11.4. The molecule has 15 heteroatoms. The van der Waals surface area contributed by atoms with E-state index >= 15 is 0 Å². The minimum atomic E-state index is -0.835. The van der Waals surface area contributed by atoms with Gasteiger partial charge < -0.3 is 34.7 Å². The number of ether oxygens (including phenoxy) is 1. The molecular formula is C43H48N8O6S. The Morgan fingerprint density at radius 1 is 1.10 bits per heavy atom. The first-order valence-corrected chi connectivity index (χ1v) is 20.7. The molecule has 6 aromatic rings. The number of hydrogen-bond acceptors (Lipinski definition) is 12. The lowest BCUT2D eigenvalue weighted by molar-refractivity contribution is -0.141. The van der Waals surface area contributed by atoms with Gasteiger partial charge in [-0.15, -0.1) is 21.5 Å². The van der Waals surface area contributed by atoms with Crippen molar-refractivity contribution in [3.8, 4) is 33.3 Å². The van der Waals surface area contributed by atoms with Gasteiger partial charge in [0.05, 0.1) is 33.9 Å². The number of nitrogens with zero attached hydrogens (tertiary/aromatic N) is 6. The highest BCUT2D eigenvalue weighted by molar-refractivity contribution is 7.13. The fourth-order valence-electron chi connectivity index (χ4n) is 8.35. The number of carbonyl (C=O) groups excluding carboxylic acids is 2. The molecule has 0 unspecified atom stereocenters. The van der Waals surface area contributed by atoms with Crippen molar-refractivity contribution < 1.29 is 29.1 Å². The lowest BCUT2D eigenvalue weighted by Gasteiger charge is -2.29. The Hall–Kier alpha value is -5.64. The van der Waals surface area contributed by atoms with Crippen molar-refractivity contribution in [3.05, 3.63) is 95.0 Å². The van der Waals surface area contributed by atoms with Gasteiger partial charge in [0.15, 0.2) is 11.4 Å². The second-order valence-corrected chi connectivity index (χ2v) is 16.5. The number of aromatic nitrogens is 5. The summed E-state index contributed by atoms with van der Waals surface area (Å²) in [4.78, 5) is 40.5. The van der Waals surface area contributed by atoms with Crippen molar-refractivity contribution in [3.63, 3.8) is 0 Å². The van der Waals surface area contributed by atoms with Crippen LogP contribution in [0.15, 0.2) is 76.9 Å². The molecule has 0 spiro atoms. The maximum atomic E-state index is 14.2. The molecule has 0 radical (unpaired) electrons. The molecule has 6 heterocycles. The van der Waals surface area contributed by atoms with Crippen molar-refractivity contribution >= 4 is 34.2 Å². The van der Waals surface area contributed by atoms with E-state index in [-0.39, 0.29) is 54.4 Å². The number of likely N-dealkylation sites (tertiary alicyclic amines) is 2. The normalized spacial score (nSPS) is 19.6. The van der Waals surface area contributed by atoms with Crippen LogP contribution in [-0.4, -0.2) is 95.5 Å². The summed E-state index contributed by atoms with van der Waals surface area (Å²) >= 11 is 1.59. The molecule has 2 aliphatic rings. The van der Waals surface area contributed by atoms with E-state index in [4.69, 9.17) is 9.26 Å². The van der Waals surface area contributed by atoms with Crippen LogP contribution in [0.4, 0.5) is 0 Å². The van der Waals surface area contributed by atoms with Gasteiger partial charge >= 0.3 is 0 Å². The van der Waals surface area contributed by atoms with Crippen LogP contribution in [0.3, 0.4) is 0 Å². The third kappa shape index (κ3) is 7.93. The van der Waals surface area contributed by atoms with Gasteiger partial charge in [-0.05, 0) is 79.2 Å². The Balaban J connectivity index is 0.895. The quantitative estimate of drug-likeness (QED) is 0.0994. The van der Waals surface area contributed by atoms with Crippen molar-refractivity contribution in [2.75, 3.05) is 26.2 Å². The van der Waals surface area contributed by atoms with Gasteiger partial charge in [-0.2, -0.15) is 0 Å². The number of amides is 2. The molecule has 0 saturated carbocycles. The summed E-state index contributed by atoms with van der Waals surface area (Å²) in [6.07, 6.45) is 3.30. The summed E-state index contributed by atoms with van der Waals surface area (Å²) in [5, 5.41) is 38.0. The van der Waals surface area contributed by atoms with E-state index in [9.17, 15) is 19.8 Å². The van der Waals surface area contributed by atoms with E-state index in [0.717, 1.165) is 52.0 Å². The highest BCUT2D eigenvalue weighted by Gasteiger charge is 2.43. The van der Waals surface area contributed by atoms with Gasteiger partial charge in [0.1, 0.15) is 24.3 Å². The Kier molecular flexibility index (Phi) is 11.3. The molecule has 0 bridgehead atoms. The topological polar surface area (TPSA) is 183 Å². The Bertz CT molecular complexity index is 2390. The molecule has 2 amide bonds. The molecule has 2 aromatic carbocycles. The number of para-hydroxylation sites is 1. The number of carbonyl (C=O) groups is 2. The van der Waals surface area contributed by atoms with Gasteiger partial charge in [0.25, 0.3) is 5.88 Å². The predicted octanol–water partition coefficient (Wildman–Crippen LogP) is 6.55. The molecule has 5 atom stereocenters. The minimum Gasteiger partial charge on any atom is -0.507 e. The molecule has 302 valence electrons. The van der Waals surface area contributed by atoms with Crippen LogP contribution in [0.1, 0.15) is 80.6 Å². The van der Waals surface area contributed by atoms with Crippen molar-refractivity contribution in [1.29, 1.82) is 0 Å². The summed E-state index contributed by atoms with van der Waals surface area (Å²) in [5.41, 5.74) is 7.84. The number of phenolic OH excluding ortho intramolecular Hbond substituents is 1. The molecule has 8 rings (SSSR count). The Morgan fingerprint density at radius 3 is 2.67 bits per heavy atom. The van der Waals surface area contributed by atoms with Gasteiger partial charge in [0, 0.05) is 48.8 Å². The molecule has 2 aliphatic heterocycles. The third-order valence-corrected chi connectivity index (χ3v) is 12.4. The number of thiazole rings is 1. The molecule has 58 heavy (non-hydrogen) atoms. The Morgan fingerprint density at radius 2 is 1.91 bits per heavy atom. The lowest BCUT2D eigenvalue weighted by Crippen LogP contribution is -2.48. The summed E-state index contributed by atoms with van der Waals surface area (Å²) in [7, 11) is 0. The van der Waals surface area contributed by atoms with E-state index in [1.54, 1.807) is 29.5 Å². The lowest BCUT2D eigenvalue weighted by atomic mass is 9.91. The number of aromatic hydroxyl groups is 1. The predicted molar refractivity (Wildman–Crippen MR) is 219 cm³/mol. The van der Waals surface area contributed by atoms with Crippen molar-refractivity contribution in [2.45, 2.75) is 77.1 Å². The second kappa shape index (κ2) is 16.7. The SMILES string of the molecule is Cc1ncsc1-c1ccc([C@H](C)NC(=O)[C@@H]2C[C@@H](O)CN2C(=O)[C@@H](c2cc(OCCN3CCC[C@@H]3c3c[nH]c4nnc(-c5ccccc5O)cc34)no2)C(C)C)cc1. The number of aromatic amines is 1. The van der Waals surface area contributed by atoms with Crippen LogP contribution in [-0.2, 0) is 9.59 Å². The Labute approximate surface area is 340 Å². The summed E-state index contributed by atoms with van der Waals surface area (Å²) in [6.45, 7) is 9.65. The van der Waals surface area contributed by atoms with E-state index in [1.165, 1.54) is 4.90 Å². The van der Waals surface area contributed by atoms with Crippen LogP contribution < -0.4 is 10.1 Å². The summed E-state index contributed by atoms with van der Waals surface area (Å²) in [6, 6.07) is 17.7.